The zero-order valence-electron chi connectivity index (χ0n) is 14.4. The molecule has 0 aliphatic carbocycles. The molecule has 0 aromatic carbocycles. The molecule has 0 amide bonds. The van der Waals surface area contributed by atoms with Crippen molar-refractivity contribution in [3.8, 4) is 0 Å². The smallest absolute Gasteiger partial charge is 0.344 e. The Labute approximate surface area is 140 Å². The van der Waals surface area contributed by atoms with E-state index in [2.05, 4.69) is 14.2 Å². The van der Waals surface area contributed by atoms with E-state index in [0.717, 1.165) is 20.5 Å². The van der Waals surface area contributed by atoms with Crippen LogP contribution in [0.1, 0.15) is 19.8 Å². The third-order valence-electron chi connectivity index (χ3n) is 3.09. The van der Waals surface area contributed by atoms with Gasteiger partial charge in [0.15, 0.2) is 11.6 Å². The summed E-state index contributed by atoms with van der Waals surface area (Å²) < 4.78 is 18.5. The summed E-state index contributed by atoms with van der Waals surface area (Å²) in [7, 11) is 4.91. The maximum Gasteiger partial charge on any atom is 0.344 e. The standard InChI is InChI=1S/C16H22O8/c1-10(8-21-2)14(18)11(15(19)23-4)6-7-13(17)12(9-22-3)16(20)24-5/h8-9,11H,6-7H2,1-5H3. The minimum absolute atomic E-state index is 0.128. The van der Waals surface area contributed by atoms with E-state index in [0.29, 0.717) is 0 Å². The van der Waals surface area contributed by atoms with Gasteiger partial charge >= 0.3 is 11.9 Å². The van der Waals surface area contributed by atoms with Crippen LogP contribution in [0.4, 0.5) is 0 Å². The molecule has 0 aromatic heterocycles. The zero-order chi connectivity index (χ0) is 18.7. The summed E-state index contributed by atoms with van der Waals surface area (Å²) in [5.41, 5.74) is -0.0961. The lowest BCUT2D eigenvalue weighted by Gasteiger charge is -2.13. The molecule has 134 valence electrons. The Morgan fingerprint density at radius 1 is 0.917 bits per heavy atom. The molecule has 0 radical (unpaired) electrons. The third-order valence-corrected chi connectivity index (χ3v) is 3.09. The molecule has 8 nitrogen and oxygen atoms in total. The Morgan fingerprint density at radius 3 is 1.96 bits per heavy atom. The van der Waals surface area contributed by atoms with Crippen LogP contribution in [-0.4, -0.2) is 51.9 Å². The number of carbonyl (C=O) groups is 4. The molecule has 1 atom stereocenters. The Hall–Kier alpha value is -2.64. The first-order valence-corrected chi connectivity index (χ1v) is 7.00. The van der Waals surface area contributed by atoms with Crippen LogP contribution in [0, 0.1) is 5.92 Å². The largest absolute Gasteiger partial charge is 0.504 e. The van der Waals surface area contributed by atoms with E-state index in [4.69, 9.17) is 4.74 Å². The normalized spacial score (nSPS) is 12.9. The van der Waals surface area contributed by atoms with Crippen LogP contribution in [0.25, 0.3) is 0 Å². The van der Waals surface area contributed by atoms with Crippen molar-refractivity contribution in [3.05, 3.63) is 23.7 Å². The average molecular weight is 342 g/mol. The summed E-state index contributed by atoms with van der Waals surface area (Å²) in [6, 6.07) is 0. The van der Waals surface area contributed by atoms with Crippen molar-refractivity contribution in [1.82, 2.24) is 0 Å². The lowest BCUT2D eigenvalue weighted by atomic mass is 9.92. The van der Waals surface area contributed by atoms with E-state index in [1.807, 2.05) is 0 Å². The second-order valence-electron chi connectivity index (χ2n) is 4.70. The van der Waals surface area contributed by atoms with Crippen molar-refractivity contribution >= 4 is 23.5 Å². The SMILES string of the molecule is COC=C(C)C(=O)C(CCC(=O)C(=COC)C(=O)OC)C(=O)OC. The minimum Gasteiger partial charge on any atom is -0.504 e. The summed E-state index contributed by atoms with van der Waals surface area (Å²) in [6.45, 7) is 1.48. The van der Waals surface area contributed by atoms with Gasteiger partial charge in [-0.25, -0.2) is 4.79 Å². The number of rotatable bonds is 10. The van der Waals surface area contributed by atoms with Gasteiger partial charge in [0.2, 0.25) is 0 Å². The van der Waals surface area contributed by atoms with Gasteiger partial charge in [-0.05, 0) is 13.3 Å². The van der Waals surface area contributed by atoms with Crippen LogP contribution >= 0.6 is 0 Å². The van der Waals surface area contributed by atoms with Crippen molar-refractivity contribution < 1.29 is 38.1 Å². The van der Waals surface area contributed by atoms with Crippen LogP contribution in [0.15, 0.2) is 23.7 Å². The van der Waals surface area contributed by atoms with E-state index in [9.17, 15) is 19.2 Å². The van der Waals surface area contributed by atoms with Crippen molar-refractivity contribution in [2.75, 3.05) is 28.4 Å². The van der Waals surface area contributed by atoms with Crippen LogP contribution in [0.2, 0.25) is 0 Å². The Morgan fingerprint density at radius 2 is 1.50 bits per heavy atom. The van der Waals surface area contributed by atoms with E-state index < -0.39 is 29.4 Å². The topological polar surface area (TPSA) is 105 Å². The van der Waals surface area contributed by atoms with E-state index in [1.54, 1.807) is 0 Å². The predicted molar refractivity (Wildman–Crippen MR) is 82.6 cm³/mol. The maximum absolute atomic E-state index is 12.2. The first-order chi connectivity index (χ1) is 11.3. The van der Waals surface area contributed by atoms with Crippen LogP contribution in [0.3, 0.4) is 0 Å². The molecule has 0 fully saturated rings. The molecular weight excluding hydrogens is 320 g/mol. The highest BCUT2D eigenvalue weighted by Crippen LogP contribution is 2.17. The maximum atomic E-state index is 12.2. The number of ketones is 2. The molecule has 0 bridgehead atoms. The molecule has 0 aromatic rings. The highest BCUT2D eigenvalue weighted by atomic mass is 16.5. The van der Waals surface area contributed by atoms with Crippen molar-refractivity contribution in [3.63, 3.8) is 0 Å². The number of hydrogen-bond acceptors (Lipinski definition) is 8. The van der Waals surface area contributed by atoms with Gasteiger partial charge in [0.25, 0.3) is 0 Å². The molecule has 0 aliphatic rings. The first-order valence-electron chi connectivity index (χ1n) is 7.00. The second kappa shape index (κ2) is 11.0. The average Bonchev–Trinajstić information content (AvgIpc) is 2.58. The fourth-order valence-corrected chi connectivity index (χ4v) is 1.87. The molecule has 0 rings (SSSR count). The number of Topliss-reactive ketones (excluding diaryl/α,β-unsaturated/α-hetero) is 2. The van der Waals surface area contributed by atoms with Crippen LogP contribution in [-0.2, 0) is 38.1 Å². The highest BCUT2D eigenvalue weighted by Gasteiger charge is 2.30. The van der Waals surface area contributed by atoms with E-state index in [-0.39, 0.29) is 24.0 Å². The molecule has 0 N–H and O–H groups in total. The number of allylic oxidation sites excluding steroid dienone is 1. The van der Waals surface area contributed by atoms with Gasteiger partial charge in [-0.3, -0.25) is 14.4 Å². The predicted octanol–water partition coefficient (Wildman–Crippen LogP) is 0.947. The summed E-state index contributed by atoms with van der Waals surface area (Å²) in [5.74, 6) is -3.94. The fraction of sp³-hybridized carbons (Fsp3) is 0.500. The van der Waals surface area contributed by atoms with Gasteiger partial charge in [-0.1, -0.05) is 0 Å². The van der Waals surface area contributed by atoms with E-state index >= 15 is 0 Å². The van der Waals surface area contributed by atoms with Gasteiger partial charge in [0.1, 0.15) is 17.8 Å². The number of carbonyl (C=O) groups excluding carboxylic acids is 4. The number of ether oxygens (including phenoxy) is 4. The van der Waals surface area contributed by atoms with Crippen molar-refractivity contribution in [1.29, 1.82) is 0 Å². The van der Waals surface area contributed by atoms with Crippen LogP contribution < -0.4 is 0 Å². The minimum atomic E-state index is -1.17. The molecule has 24 heavy (non-hydrogen) atoms. The second-order valence-corrected chi connectivity index (χ2v) is 4.70. The number of methoxy groups -OCH3 is 4. The Balaban J connectivity index is 5.20. The Bertz CT molecular complexity index is 544. The quantitative estimate of drug-likeness (QED) is 0.190. The first kappa shape index (κ1) is 21.4. The summed E-state index contributed by atoms with van der Waals surface area (Å²) in [5, 5.41) is 0. The summed E-state index contributed by atoms with van der Waals surface area (Å²) in [4.78, 5) is 47.7. The van der Waals surface area contributed by atoms with E-state index in [1.165, 1.54) is 27.4 Å². The van der Waals surface area contributed by atoms with Gasteiger partial charge in [0.05, 0.1) is 34.7 Å². The van der Waals surface area contributed by atoms with Crippen molar-refractivity contribution in [2.24, 2.45) is 5.92 Å². The van der Waals surface area contributed by atoms with Crippen molar-refractivity contribution in [2.45, 2.75) is 19.8 Å². The molecule has 0 heterocycles. The summed E-state index contributed by atoms with van der Waals surface area (Å²) in [6.07, 6.45) is 1.79. The highest BCUT2D eigenvalue weighted by molar-refractivity contribution is 6.17. The lowest BCUT2D eigenvalue weighted by molar-refractivity contribution is -0.148. The summed E-state index contributed by atoms with van der Waals surface area (Å²) >= 11 is 0. The third kappa shape index (κ3) is 6.23. The van der Waals surface area contributed by atoms with Gasteiger partial charge in [-0.15, -0.1) is 0 Å². The molecular formula is C16H22O8. The van der Waals surface area contributed by atoms with Gasteiger partial charge in [0, 0.05) is 12.0 Å². The molecule has 0 spiro atoms. The zero-order valence-corrected chi connectivity index (χ0v) is 14.4. The number of hydrogen-bond donors (Lipinski definition) is 0. The number of esters is 2. The monoisotopic (exact) mass is 342 g/mol. The van der Waals surface area contributed by atoms with Gasteiger partial charge in [-0.2, -0.15) is 0 Å². The Kier molecular flexibility index (Phi) is 9.77. The molecule has 1 unspecified atom stereocenters. The van der Waals surface area contributed by atoms with Gasteiger partial charge < -0.3 is 18.9 Å². The molecule has 0 saturated heterocycles. The lowest BCUT2D eigenvalue weighted by Crippen LogP contribution is -2.27. The molecule has 0 aliphatic heterocycles. The molecule has 0 saturated carbocycles. The fourth-order valence-electron chi connectivity index (χ4n) is 1.87. The van der Waals surface area contributed by atoms with Crippen LogP contribution in [0.5, 0.6) is 0 Å². The molecule has 8 heteroatoms.